The molecule has 1 saturated heterocycles. The van der Waals surface area contributed by atoms with E-state index in [2.05, 4.69) is 22.9 Å². The van der Waals surface area contributed by atoms with Crippen LogP contribution in [-0.4, -0.2) is 120 Å². The Balaban J connectivity index is 0.000000365. The third kappa shape index (κ3) is 24.1. The van der Waals surface area contributed by atoms with Crippen LogP contribution in [0.3, 0.4) is 0 Å². The number of alkyl halides is 6. The fourth-order valence-electron chi connectivity index (χ4n) is 9.51. The van der Waals surface area contributed by atoms with Crippen molar-refractivity contribution in [1.29, 1.82) is 0 Å². The summed E-state index contributed by atoms with van der Waals surface area (Å²) in [6.45, 7) is 28.6. The average molecular weight is 1130 g/mol. The summed E-state index contributed by atoms with van der Waals surface area (Å²) in [5.41, 5.74) is -5.80. The quantitative estimate of drug-likeness (QED) is 0.0763. The van der Waals surface area contributed by atoms with E-state index in [4.69, 9.17) is 33.2 Å². The predicted molar refractivity (Wildman–Crippen MR) is 278 cm³/mol. The highest BCUT2D eigenvalue weighted by Crippen LogP contribution is 2.55. The van der Waals surface area contributed by atoms with Crippen LogP contribution >= 0.6 is 0 Å². The van der Waals surface area contributed by atoms with Crippen molar-refractivity contribution >= 4 is 36.1 Å². The van der Waals surface area contributed by atoms with Gasteiger partial charge in [0.1, 0.15) is 29.0 Å². The maximum Gasteiger partial charge on any atom is 0.519 e. The number of fused-ring (bicyclic) bond motifs is 4. The molecule has 5 aliphatic rings. The van der Waals surface area contributed by atoms with Gasteiger partial charge in [-0.15, -0.1) is 0 Å². The molecule has 16 nitrogen and oxygen atoms in total. The number of ether oxygens (including phenoxy) is 8. The van der Waals surface area contributed by atoms with Gasteiger partial charge in [0, 0.05) is 56.5 Å². The van der Waals surface area contributed by atoms with Crippen LogP contribution < -0.4 is 4.90 Å². The maximum absolute atomic E-state index is 13.7. The standard InChI is InChI=1S/C20H29F3O5.C15H21F3O3.C10H18O5.C7H10N2.C4H8O/c1-11(2)16(24)26-15-9-12-7-13(15)8-14(12)10-19(6,20(21,22)23)28-17(25)27-18(3,4)5;1-8(2)13(19)21-12-6-9-4-10(12)5-11(9)7-14(3,20)15(16,17)18;1-9(2,3)14-7(11)13-8(12)15-10(4,5)6;1-9(2)7-3-5-8-6-4-7;1-2-4-5-3-1/h12-15H,1,7-10H2,2-6H3;9-12,20H,1,4-7H2,2-3H3;1-6H3;3-6H,1-2H3;1-4H2. The Morgan fingerprint density at radius 2 is 0.974 bits per heavy atom. The van der Waals surface area contributed by atoms with Crippen molar-refractivity contribution < 1.29 is 93.3 Å². The lowest BCUT2D eigenvalue weighted by molar-refractivity contribution is -0.265. The van der Waals surface area contributed by atoms with E-state index in [1.807, 2.05) is 31.1 Å². The molecule has 0 spiro atoms. The van der Waals surface area contributed by atoms with Gasteiger partial charge in [-0.25, -0.2) is 24.0 Å². The number of hydrogen-bond donors (Lipinski definition) is 1. The van der Waals surface area contributed by atoms with Crippen molar-refractivity contribution in [2.75, 3.05) is 32.2 Å². The summed E-state index contributed by atoms with van der Waals surface area (Å²) in [6, 6.07) is 3.94. The van der Waals surface area contributed by atoms with Crippen molar-refractivity contribution in [1.82, 2.24) is 4.98 Å². The third-order valence-corrected chi connectivity index (χ3v) is 13.3. The molecule has 4 bridgehead atoms. The van der Waals surface area contributed by atoms with Crippen LogP contribution in [0.15, 0.2) is 48.8 Å². The molecule has 0 aromatic carbocycles. The predicted octanol–water partition coefficient (Wildman–Crippen LogP) is 13.2. The first-order chi connectivity index (χ1) is 35.4. The Bertz CT molecular complexity index is 2110. The van der Waals surface area contributed by atoms with E-state index in [0.29, 0.717) is 43.3 Å². The van der Waals surface area contributed by atoms with Gasteiger partial charge in [-0.2, -0.15) is 26.3 Å². The molecular weight excluding hydrogens is 1040 g/mol. The van der Waals surface area contributed by atoms with Gasteiger partial charge in [-0.1, -0.05) is 13.2 Å². The summed E-state index contributed by atoms with van der Waals surface area (Å²) in [6.07, 6.45) is -4.10. The number of pyridine rings is 1. The number of carbonyl (C=O) groups is 5. The second kappa shape index (κ2) is 28.3. The number of halogens is 6. The second-order valence-corrected chi connectivity index (χ2v) is 24.3. The summed E-state index contributed by atoms with van der Waals surface area (Å²) >= 11 is 0. The number of carbonyl (C=O) groups excluding carboxylic acids is 5. The lowest BCUT2D eigenvalue weighted by atomic mass is 9.79. The Hall–Kier alpha value is -5.12. The topological polar surface area (TPSA) is 196 Å². The molecule has 10 atom stereocenters. The van der Waals surface area contributed by atoms with Gasteiger partial charge in [-0.3, -0.25) is 4.98 Å². The lowest BCUT2D eigenvalue weighted by Gasteiger charge is -2.37. The molecule has 0 radical (unpaired) electrons. The van der Waals surface area contributed by atoms with Crippen LogP contribution in [0.2, 0.25) is 0 Å². The van der Waals surface area contributed by atoms with E-state index in [0.717, 1.165) is 33.5 Å². The van der Waals surface area contributed by atoms with E-state index in [1.165, 1.54) is 18.5 Å². The fourth-order valence-corrected chi connectivity index (χ4v) is 9.51. The SMILES string of the molecule is C1CCOC1.C=C(C)C(=O)OC1CC2CC1CC2CC(C)(O)C(F)(F)F.C=C(C)C(=O)OC1CC2CC1CC2CC(C)(OC(=O)OC(C)(C)C)C(F)(F)F.CC(C)(C)OC(=O)OC(=O)OC(C)(C)C.CN(C)c1ccncc1. The minimum Gasteiger partial charge on any atom is -0.459 e. The van der Waals surface area contributed by atoms with Gasteiger partial charge >= 0.3 is 42.8 Å². The minimum absolute atomic E-state index is 0.00293. The third-order valence-electron chi connectivity index (χ3n) is 13.3. The highest BCUT2D eigenvalue weighted by atomic mass is 19.4. The Morgan fingerprint density at radius 1 is 0.590 bits per heavy atom. The largest absolute Gasteiger partial charge is 0.519 e. The van der Waals surface area contributed by atoms with Crippen molar-refractivity contribution in [3.63, 3.8) is 0 Å². The van der Waals surface area contributed by atoms with Gasteiger partial charge in [0.25, 0.3) is 0 Å². The first kappa shape index (κ1) is 69.0. The van der Waals surface area contributed by atoms with E-state index in [9.17, 15) is 55.4 Å². The highest BCUT2D eigenvalue weighted by molar-refractivity contribution is 5.87. The summed E-state index contributed by atoms with van der Waals surface area (Å²) in [5, 5.41) is 9.60. The smallest absolute Gasteiger partial charge is 0.459 e. The summed E-state index contributed by atoms with van der Waals surface area (Å²) in [4.78, 5) is 63.1. The molecule has 78 heavy (non-hydrogen) atoms. The number of aliphatic hydroxyl groups is 1. The molecule has 22 heteroatoms. The van der Waals surface area contributed by atoms with Crippen LogP contribution in [-0.2, 0) is 47.5 Å². The highest BCUT2D eigenvalue weighted by Gasteiger charge is 2.59. The normalized spacial score (nSPS) is 24.6. The van der Waals surface area contributed by atoms with Crippen LogP contribution in [0, 0.1) is 35.5 Å². The molecular formula is C56H86F6N2O14. The lowest BCUT2D eigenvalue weighted by Crippen LogP contribution is -2.49. The number of rotatable bonds is 10. The Kier molecular flexibility index (Phi) is 25.1. The molecule has 0 amide bonds. The summed E-state index contributed by atoms with van der Waals surface area (Å²) in [7, 11) is 4.02. The van der Waals surface area contributed by atoms with Crippen molar-refractivity contribution in [2.24, 2.45) is 35.5 Å². The summed E-state index contributed by atoms with van der Waals surface area (Å²) in [5.74, 6) is -1.12. The van der Waals surface area contributed by atoms with E-state index in [1.54, 1.807) is 88.6 Å². The molecule has 1 aromatic heterocycles. The Labute approximate surface area is 456 Å². The molecule has 1 N–H and O–H groups in total. The zero-order valence-corrected chi connectivity index (χ0v) is 48.2. The van der Waals surface area contributed by atoms with Crippen LogP contribution in [0.1, 0.15) is 154 Å². The second-order valence-electron chi connectivity index (χ2n) is 24.3. The van der Waals surface area contributed by atoms with E-state index >= 15 is 0 Å². The first-order valence-electron chi connectivity index (χ1n) is 26.2. The number of anilines is 1. The number of nitrogens with zero attached hydrogens (tertiary/aromatic N) is 2. The molecule has 446 valence electrons. The minimum atomic E-state index is -4.72. The number of hydrogen-bond acceptors (Lipinski definition) is 16. The van der Waals surface area contributed by atoms with Gasteiger partial charge in [-0.05, 0) is 202 Å². The van der Waals surface area contributed by atoms with E-state index in [-0.39, 0.29) is 60.6 Å². The molecule has 4 aliphatic carbocycles. The average Bonchev–Trinajstić information content (AvgIpc) is 4.12. The first-order valence-corrected chi connectivity index (χ1v) is 26.2. The zero-order valence-electron chi connectivity index (χ0n) is 48.2. The maximum atomic E-state index is 13.7. The Morgan fingerprint density at radius 3 is 1.26 bits per heavy atom. The molecule has 4 saturated carbocycles. The molecule has 6 rings (SSSR count). The van der Waals surface area contributed by atoms with Crippen molar-refractivity contribution in [3.05, 3.63) is 48.8 Å². The van der Waals surface area contributed by atoms with Gasteiger partial charge in [0.15, 0.2) is 5.60 Å². The van der Waals surface area contributed by atoms with Crippen molar-refractivity contribution in [2.45, 2.75) is 207 Å². The molecule has 2 heterocycles. The monoisotopic (exact) mass is 1120 g/mol. The van der Waals surface area contributed by atoms with Gasteiger partial charge < -0.3 is 47.9 Å². The fraction of sp³-hybridized carbons (Fsp3) is 0.750. The number of aromatic nitrogens is 1. The number of esters is 2. The molecule has 1 aliphatic heterocycles. The van der Waals surface area contributed by atoms with Crippen molar-refractivity contribution in [3.8, 4) is 0 Å². The zero-order chi connectivity index (χ0) is 60.0. The van der Waals surface area contributed by atoms with Gasteiger partial charge in [0.05, 0.1) is 0 Å². The van der Waals surface area contributed by atoms with Crippen LogP contribution in [0.4, 0.5) is 46.4 Å². The summed E-state index contributed by atoms with van der Waals surface area (Å²) < 4.78 is 119. The van der Waals surface area contributed by atoms with E-state index < -0.39 is 70.8 Å². The van der Waals surface area contributed by atoms with Gasteiger partial charge in [0.2, 0.25) is 5.60 Å². The van der Waals surface area contributed by atoms with Crippen LogP contribution in [0.25, 0.3) is 0 Å². The molecule has 10 unspecified atom stereocenters. The molecule has 1 aromatic rings. The molecule has 5 fully saturated rings. The van der Waals surface area contributed by atoms with Crippen LogP contribution in [0.5, 0.6) is 0 Å².